The van der Waals surface area contributed by atoms with Crippen LogP contribution in [0.1, 0.15) is 22.3 Å². The molecule has 0 aliphatic heterocycles. The van der Waals surface area contributed by atoms with Crippen molar-refractivity contribution in [2.75, 3.05) is 0 Å². The van der Waals surface area contributed by atoms with Gasteiger partial charge in [0, 0.05) is 16.7 Å². The Bertz CT molecular complexity index is 3460. The number of fused-ring (bicyclic) bond motifs is 12. The molecule has 0 fully saturated rings. The lowest BCUT2D eigenvalue weighted by molar-refractivity contribution is 0.801. The standard InChI is InChI=1S/C63H40N2/c1-3-15-41(16-4-1)43-27-33-46(34-28-43)58-40-59(47-35-29-44(30-36-47)42-17-5-2-6-18-42)65-62(64-58)48-37-31-45(32-38-48)54-39-49-19-7-8-20-50(49)61-60(54)53-23-11-14-26-57(53)63(61)55-24-12-9-21-51(55)52-22-10-13-25-56(52)63/h1-40H. The number of hydrogen-bond donors (Lipinski definition) is 0. The van der Waals surface area contributed by atoms with E-state index in [9.17, 15) is 0 Å². The van der Waals surface area contributed by atoms with Gasteiger partial charge < -0.3 is 0 Å². The molecule has 0 N–H and O–H groups in total. The van der Waals surface area contributed by atoms with Crippen LogP contribution in [0.25, 0.3) is 100 Å². The maximum absolute atomic E-state index is 5.28. The van der Waals surface area contributed by atoms with Crippen LogP contribution in [-0.2, 0) is 5.41 Å². The van der Waals surface area contributed by atoms with Gasteiger partial charge in [0.15, 0.2) is 5.82 Å². The second kappa shape index (κ2) is 14.8. The maximum atomic E-state index is 5.28. The van der Waals surface area contributed by atoms with E-state index in [1.165, 1.54) is 83.1 Å². The molecule has 0 saturated carbocycles. The second-order valence-electron chi connectivity index (χ2n) is 17.2. The summed E-state index contributed by atoms with van der Waals surface area (Å²) in [7, 11) is 0. The first-order valence-electron chi connectivity index (χ1n) is 22.4. The van der Waals surface area contributed by atoms with Gasteiger partial charge >= 0.3 is 0 Å². The first kappa shape index (κ1) is 37.1. The van der Waals surface area contributed by atoms with E-state index in [1.54, 1.807) is 0 Å². The number of hydrogen-bond acceptors (Lipinski definition) is 2. The first-order chi connectivity index (χ1) is 32.2. The second-order valence-corrected chi connectivity index (χ2v) is 17.2. The van der Waals surface area contributed by atoms with E-state index in [0.717, 1.165) is 33.6 Å². The van der Waals surface area contributed by atoms with Crippen LogP contribution in [0, 0.1) is 0 Å². The van der Waals surface area contributed by atoms with E-state index in [0.29, 0.717) is 5.82 Å². The summed E-state index contributed by atoms with van der Waals surface area (Å²) >= 11 is 0. The highest BCUT2D eigenvalue weighted by Gasteiger charge is 2.52. The lowest BCUT2D eigenvalue weighted by Crippen LogP contribution is -2.26. The smallest absolute Gasteiger partial charge is 0.160 e. The molecule has 0 bridgehead atoms. The summed E-state index contributed by atoms with van der Waals surface area (Å²) in [6.45, 7) is 0. The van der Waals surface area contributed by atoms with Crippen molar-refractivity contribution in [3.63, 3.8) is 0 Å². The van der Waals surface area contributed by atoms with Gasteiger partial charge in [0.05, 0.1) is 16.8 Å². The highest BCUT2D eigenvalue weighted by molar-refractivity contribution is 6.09. The minimum absolute atomic E-state index is 0.446. The molecule has 302 valence electrons. The maximum Gasteiger partial charge on any atom is 0.160 e. The third kappa shape index (κ3) is 5.81. The third-order valence-corrected chi connectivity index (χ3v) is 13.7. The van der Waals surface area contributed by atoms with Crippen molar-refractivity contribution in [2.45, 2.75) is 5.41 Å². The van der Waals surface area contributed by atoms with Crippen molar-refractivity contribution in [3.8, 4) is 89.5 Å². The van der Waals surface area contributed by atoms with E-state index in [4.69, 9.17) is 9.97 Å². The Kier molecular flexibility index (Phi) is 8.47. The Morgan fingerprint density at radius 1 is 0.277 bits per heavy atom. The Hall–Kier alpha value is -8.46. The molecule has 2 aliphatic rings. The summed E-state index contributed by atoms with van der Waals surface area (Å²) in [5.74, 6) is 0.690. The molecule has 0 amide bonds. The SMILES string of the molecule is c1ccc(-c2ccc(-c3cc(-c4ccc(-c5ccccc5)cc4)nc(-c4ccc(-c5cc6ccccc6c6c5-c5ccccc5C65c6ccccc6-c6ccccc65)cc4)n3)cc2)cc1. The first-order valence-corrected chi connectivity index (χ1v) is 22.4. The molecule has 0 unspecified atom stereocenters. The van der Waals surface area contributed by atoms with Crippen LogP contribution in [0.3, 0.4) is 0 Å². The average molecular weight is 825 g/mol. The fraction of sp³-hybridized carbons (Fsp3) is 0.0159. The largest absolute Gasteiger partial charge is 0.228 e. The molecule has 10 aromatic carbocycles. The third-order valence-electron chi connectivity index (χ3n) is 13.7. The zero-order valence-corrected chi connectivity index (χ0v) is 35.5. The average Bonchev–Trinajstić information content (AvgIpc) is 3.87. The lowest BCUT2D eigenvalue weighted by Gasteiger charge is -2.31. The van der Waals surface area contributed by atoms with Gasteiger partial charge in [-0.15, -0.1) is 0 Å². The molecule has 1 aromatic heterocycles. The monoisotopic (exact) mass is 824 g/mol. The summed E-state index contributed by atoms with van der Waals surface area (Å²) in [6, 6.07) is 88.1. The summed E-state index contributed by atoms with van der Waals surface area (Å²) in [6.07, 6.45) is 0. The quantitative estimate of drug-likeness (QED) is 0.167. The molecule has 1 heterocycles. The molecule has 0 radical (unpaired) electrons. The number of nitrogens with zero attached hydrogens (tertiary/aromatic N) is 2. The van der Waals surface area contributed by atoms with Gasteiger partial charge in [-0.2, -0.15) is 0 Å². The predicted octanol–water partition coefficient (Wildman–Crippen LogP) is 16.0. The summed E-state index contributed by atoms with van der Waals surface area (Å²) in [4.78, 5) is 10.6. The molecule has 0 atom stereocenters. The van der Waals surface area contributed by atoms with Crippen molar-refractivity contribution in [2.24, 2.45) is 0 Å². The zero-order chi connectivity index (χ0) is 42.9. The van der Waals surface area contributed by atoms with Crippen LogP contribution in [0.4, 0.5) is 0 Å². The minimum atomic E-state index is -0.446. The lowest BCUT2D eigenvalue weighted by atomic mass is 9.69. The molecular weight excluding hydrogens is 785 g/mol. The van der Waals surface area contributed by atoms with Gasteiger partial charge in [-0.3, -0.25) is 0 Å². The van der Waals surface area contributed by atoms with Gasteiger partial charge in [-0.05, 0) is 101 Å². The van der Waals surface area contributed by atoms with E-state index in [2.05, 4.69) is 243 Å². The summed E-state index contributed by atoms with van der Waals surface area (Å²) < 4.78 is 0. The molecule has 2 nitrogen and oxygen atoms in total. The van der Waals surface area contributed by atoms with Gasteiger partial charge in [0.2, 0.25) is 0 Å². The van der Waals surface area contributed by atoms with Crippen LogP contribution in [0.5, 0.6) is 0 Å². The molecule has 2 aliphatic carbocycles. The van der Waals surface area contributed by atoms with Crippen molar-refractivity contribution in [3.05, 3.63) is 265 Å². The fourth-order valence-electron chi connectivity index (χ4n) is 10.8. The van der Waals surface area contributed by atoms with Crippen LogP contribution in [-0.4, -0.2) is 9.97 Å². The van der Waals surface area contributed by atoms with E-state index >= 15 is 0 Å². The summed E-state index contributed by atoms with van der Waals surface area (Å²) in [5.41, 5.74) is 22.1. The molecular formula is C63H40N2. The highest BCUT2D eigenvalue weighted by Crippen LogP contribution is 2.65. The zero-order valence-electron chi connectivity index (χ0n) is 35.5. The minimum Gasteiger partial charge on any atom is -0.228 e. The van der Waals surface area contributed by atoms with Crippen molar-refractivity contribution in [1.29, 1.82) is 0 Å². The van der Waals surface area contributed by atoms with Gasteiger partial charge in [-0.25, -0.2) is 9.97 Å². The molecule has 11 aromatic rings. The van der Waals surface area contributed by atoms with Crippen LogP contribution in [0.2, 0.25) is 0 Å². The number of benzene rings is 10. The molecule has 13 rings (SSSR count). The van der Waals surface area contributed by atoms with E-state index < -0.39 is 5.41 Å². The Balaban J connectivity index is 0.963. The van der Waals surface area contributed by atoms with Crippen molar-refractivity contribution in [1.82, 2.24) is 9.97 Å². The summed E-state index contributed by atoms with van der Waals surface area (Å²) in [5, 5.41) is 2.52. The highest BCUT2D eigenvalue weighted by atomic mass is 14.9. The fourth-order valence-corrected chi connectivity index (χ4v) is 10.8. The Labute approximate surface area is 378 Å². The number of aromatic nitrogens is 2. The number of rotatable bonds is 6. The predicted molar refractivity (Wildman–Crippen MR) is 268 cm³/mol. The van der Waals surface area contributed by atoms with Crippen molar-refractivity contribution >= 4 is 10.8 Å². The van der Waals surface area contributed by atoms with E-state index in [1.807, 2.05) is 0 Å². The van der Waals surface area contributed by atoms with Gasteiger partial charge in [-0.1, -0.05) is 231 Å². The van der Waals surface area contributed by atoms with Crippen LogP contribution < -0.4 is 0 Å². The van der Waals surface area contributed by atoms with Gasteiger partial charge in [0.1, 0.15) is 0 Å². The van der Waals surface area contributed by atoms with Crippen LogP contribution in [0.15, 0.2) is 243 Å². The van der Waals surface area contributed by atoms with Crippen molar-refractivity contribution < 1.29 is 0 Å². The Morgan fingerprint density at radius 3 is 1.23 bits per heavy atom. The normalized spacial score (nSPS) is 12.7. The van der Waals surface area contributed by atoms with Gasteiger partial charge in [0.25, 0.3) is 0 Å². The molecule has 65 heavy (non-hydrogen) atoms. The molecule has 2 heteroatoms. The van der Waals surface area contributed by atoms with E-state index in [-0.39, 0.29) is 0 Å². The topological polar surface area (TPSA) is 25.8 Å². The molecule has 1 spiro atoms. The Morgan fingerprint density at radius 2 is 0.677 bits per heavy atom. The van der Waals surface area contributed by atoms with Crippen LogP contribution >= 0.6 is 0 Å². The molecule has 0 saturated heterocycles.